The zero-order valence-corrected chi connectivity index (χ0v) is 11.4. The molecule has 1 aromatic carbocycles. The van der Waals surface area contributed by atoms with Crippen LogP contribution in [0, 0.1) is 5.82 Å². The van der Waals surface area contributed by atoms with Gasteiger partial charge in [0.1, 0.15) is 5.82 Å². The summed E-state index contributed by atoms with van der Waals surface area (Å²) in [5.41, 5.74) is -1.08. The first-order valence-corrected chi connectivity index (χ1v) is 6.58. The Morgan fingerprint density at radius 1 is 1.29 bits per heavy atom. The molecule has 7 heteroatoms. The maximum atomic E-state index is 13.3. The van der Waals surface area contributed by atoms with E-state index in [0.29, 0.717) is 12.5 Å². The first-order chi connectivity index (χ1) is 9.93. The van der Waals surface area contributed by atoms with E-state index < -0.39 is 17.6 Å². The van der Waals surface area contributed by atoms with Gasteiger partial charge < -0.3 is 5.32 Å². The molecule has 21 heavy (non-hydrogen) atoms. The number of anilines is 1. The topological polar surface area (TPSA) is 29.9 Å². The van der Waals surface area contributed by atoms with Gasteiger partial charge in [0.25, 0.3) is 0 Å². The number of imidazole rings is 1. The van der Waals surface area contributed by atoms with E-state index in [4.69, 9.17) is 0 Å². The average Bonchev–Trinajstić information content (AvgIpc) is 2.87. The second-order valence-electron chi connectivity index (χ2n) is 4.56. The van der Waals surface area contributed by atoms with Crippen LogP contribution in [0.1, 0.15) is 25.3 Å². The van der Waals surface area contributed by atoms with Gasteiger partial charge in [-0.25, -0.2) is 9.37 Å². The van der Waals surface area contributed by atoms with E-state index in [1.807, 2.05) is 6.92 Å². The molecule has 0 fully saturated rings. The SMILES string of the molecule is CCCCNc1nccn1-c1ccc(F)c(C(F)(F)F)c1. The Bertz CT molecular complexity index is 605. The minimum Gasteiger partial charge on any atom is -0.355 e. The summed E-state index contributed by atoms with van der Waals surface area (Å²) >= 11 is 0. The number of aromatic nitrogens is 2. The van der Waals surface area contributed by atoms with Crippen molar-refractivity contribution in [1.82, 2.24) is 9.55 Å². The fraction of sp³-hybridized carbons (Fsp3) is 0.357. The smallest absolute Gasteiger partial charge is 0.355 e. The van der Waals surface area contributed by atoms with Crippen LogP contribution in [0.4, 0.5) is 23.5 Å². The molecular formula is C14H15F4N3. The van der Waals surface area contributed by atoms with Crippen molar-refractivity contribution < 1.29 is 17.6 Å². The van der Waals surface area contributed by atoms with Gasteiger partial charge in [-0.05, 0) is 24.6 Å². The van der Waals surface area contributed by atoms with Crippen molar-refractivity contribution in [3.63, 3.8) is 0 Å². The van der Waals surface area contributed by atoms with Crippen molar-refractivity contribution in [1.29, 1.82) is 0 Å². The van der Waals surface area contributed by atoms with Crippen LogP contribution < -0.4 is 5.32 Å². The fourth-order valence-electron chi connectivity index (χ4n) is 1.90. The highest BCUT2D eigenvalue weighted by Crippen LogP contribution is 2.33. The Kier molecular flexibility index (Phi) is 4.50. The molecule has 1 N–H and O–H groups in total. The number of halogens is 4. The minimum absolute atomic E-state index is 0.209. The summed E-state index contributed by atoms with van der Waals surface area (Å²) in [6.45, 7) is 2.70. The van der Waals surface area contributed by atoms with E-state index >= 15 is 0 Å². The second kappa shape index (κ2) is 6.15. The number of nitrogens with one attached hydrogen (secondary N) is 1. The molecule has 3 nitrogen and oxygen atoms in total. The highest BCUT2D eigenvalue weighted by atomic mass is 19.4. The molecule has 1 aromatic heterocycles. The first-order valence-electron chi connectivity index (χ1n) is 6.58. The molecule has 0 aliphatic rings. The summed E-state index contributed by atoms with van der Waals surface area (Å²) in [5.74, 6) is -0.852. The van der Waals surface area contributed by atoms with E-state index in [2.05, 4.69) is 10.3 Å². The Morgan fingerprint density at radius 3 is 2.71 bits per heavy atom. The van der Waals surface area contributed by atoms with Crippen LogP contribution in [0.2, 0.25) is 0 Å². The van der Waals surface area contributed by atoms with Gasteiger partial charge >= 0.3 is 6.18 Å². The average molecular weight is 301 g/mol. The molecule has 0 atom stereocenters. The Balaban J connectivity index is 2.33. The summed E-state index contributed by atoms with van der Waals surface area (Å²) in [6, 6.07) is 2.88. The lowest BCUT2D eigenvalue weighted by molar-refractivity contribution is -0.140. The molecule has 0 amide bonds. The lowest BCUT2D eigenvalue weighted by Crippen LogP contribution is -2.11. The summed E-state index contributed by atoms with van der Waals surface area (Å²) in [7, 11) is 0. The van der Waals surface area contributed by atoms with Crippen molar-refractivity contribution in [3.8, 4) is 5.69 Å². The third-order valence-corrected chi connectivity index (χ3v) is 2.99. The Morgan fingerprint density at radius 2 is 2.05 bits per heavy atom. The highest BCUT2D eigenvalue weighted by Gasteiger charge is 2.34. The Labute approximate surface area is 119 Å². The first kappa shape index (κ1) is 15.3. The zero-order valence-electron chi connectivity index (χ0n) is 11.4. The van der Waals surface area contributed by atoms with Crippen LogP contribution in [0.5, 0.6) is 0 Å². The van der Waals surface area contributed by atoms with E-state index in [9.17, 15) is 17.6 Å². The van der Waals surface area contributed by atoms with Crippen molar-refractivity contribution in [2.24, 2.45) is 0 Å². The van der Waals surface area contributed by atoms with Gasteiger partial charge in [-0.1, -0.05) is 13.3 Å². The minimum atomic E-state index is -4.73. The van der Waals surface area contributed by atoms with Crippen LogP contribution in [0.25, 0.3) is 5.69 Å². The van der Waals surface area contributed by atoms with E-state index in [1.165, 1.54) is 23.0 Å². The number of unbranched alkanes of at least 4 members (excludes halogenated alkanes) is 1. The largest absolute Gasteiger partial charge is 0.419 e. The van der Waals surface area contributed by atoms with Crippen LogP contribution in [0.3, 0.4) is 0 Å². The van der Waals surface area contributed by atoms with Crippen LogP contribution in [-0.2, 0) is 6.18 Å². The van der Waals surface area contributed by atoms with Gasteiger partial charge in [0, 0.05) is 24.6 Å². The van der Waals surface area contributed by atoms with E-state index in [-0.39, 0.29) is 5.69 Å². The normalized spacial score (nSPS) is 11.7. The molecule has 0 aliphatic heterocycles. The maximum absolute atomic E-state index is 13.3. The van der Waals surface area contributed by atoms with E-state index in [0.717, 1.165) is 25.0 Å². The molecular weight excluding hydrogens is 286 g/mol. The Hall–Kier alpha value is -2.05. The molecule has 0 saturated heterocycles. The molecule has 2 aromatic rings. The highest BCUT2D eigenvalue weighted by molar-refractivity contribution is 5.44. The van der Waals surface area contributed by atoms with Crippen molar-refractivity contribution in [3.05, 3.63) is 42.0 Å². The van der Waals surface area contributed by atoms with Gasteiger partial charge in [-0.2, -0.15) is 13.2 Å². The lowest BCUT2D eigenvalue weighted by Gasteiger charge is -2.13. The molecule has 2 rings (SSSR count). The van der Waals surface area contributed by atoms with Gasteiger partial charge in [0.15, 0.2) is 0 Å². The summed E-state index contributed by atoms with van der Waals surface area (Å²) in [5, 5.41) is 3.04. The van der Waals surface area contributed by atoms with Gasteiger partial charge in [-0.3, -0.25) is 4.57 Å². The van der Waals surface area contributed by atoms with Crippen LogP contribution in [-0.4, -0.2) is 16.1 Å². The van der Waals surface area contributed by atoms with Crippen LogP contribution >= 0.6 is 0 Å². The molecule has 0 unspecified atom stereocenters. The van der Waals surface area contributed by atoms with Gasteiger partial charge in [0.05, 0.1) is 5.56 Å². The molecule has 0 saturated carbocycles. The predicted molar refractivity (Wildman–Crippen MR) is 71.9 cm³/mol. The number of nitrogens with zero attached hydrogens (tertiary/aromatic N) is 2. The molecule has 114 valence electrons. The number of benzene rings is 1. The van der Waals surface area contributed by atoms with Crippen LogP contribution in [0.15, 0.2) is 30.6 Å². The molecule has 0 aliphatic carbocycles. The van der Waals surface area contributed by atoms with Crippen molar-refractivity contribution in [2.45, 2.75) is 25.9 Å². The van der Waals surface area contributed by atoms with Crippen molar-refractivity contribution in [2.75, 3.05) is 11.9 Å². The predicted octanol–water partition coefficient (Wildman–Crippen LogP) is 4.24. The second-order valence-corrected chi connectivity index (χ2v) is 4.56. The number of hydrogen-bond donors (Lipinski definition) is 1. The van der Waals surface area contributed by atoms with E-state index in [1.54, 1.807) is 0 Å². The number of alkyl halides is 3. The molecule has 0 bridgehead atoms. The lowest BCUT2D eigenvalue weighted by atomic mass is 10.2. The number of rotatable bonds is 5. The maximum Gasteiger partial charge on any atom is 0.419 e. The summed E-state index contributed by atoms with van der Waals surface area (Å²) < 4.78 is 53.0. The zero-order chi connectivity index (χ0) is 15.5. The standard InChI is InChI=1S/C14H15F4N3/c1-2-3-6-19-13-20-7-8-21(13)10-4-5-12(15)11(9-10)14(16,17)18/h4-5,7-9H,2-3,6H2,1H3,(H,19,20). The monoisotopic (exact) mass is 301 g/mol. The molecule has 1 heterocycles. The van der Waals surface area contributed by atoms with Gasteiger partial charge in [0.2, 0.25) is 5.95 Å². The van der Waals surface area contributed by atoms with Gasteiger partial charge in [-0.15, -0.1) is 0 Å². The third kappa shape index (κ3) is 3.53. The summed E-state index contributed by atoms with van der Waals surface area (Å²) in [4.78, 5) is 4.06. The third-order valence-electron chi connectivity index (χ3n) is 2.99. The molecule has 0 spiro atoms. The fourth-order valence-corrected chi connectivity index (χ4v) is 1.90. The molecule has 0 radical (unpaired) electrons. The number of hydrogen-bond acceptors (Lipinski definition) is 2. The van der Waals surface area contributed by atoms with Crippen molar-refractivity contribution >= 4 is 5.95 Å². The quantitative estimate of drug-likeness (QED) is 0.661. The summed E-state index contributed by atoms with van der Waals surface area (Å²) in [6.07, 6.45) is 0.190.